The van der Waals surface area contributed by atoms with Crippen molar-refractivity contribution in [2.45, 2.75) is 19.1 Å². The van der Waals surface area contributed by atoms with Gasteiger partial charge in [0.05, 0.1) is 25.9 Å². The van der Waals surface area contributed by atoms with Crippen LogP contribution in [0.15, 0.2) is 35.3 Å². The zero-order valence-electron chi connectivity index (χ0n) is 9.50. The lowest BCUT2D eigenvalue weighted by atomic mass is 10.2. The van der Waals surface area contributed by atoms with Crippen LogP contribution in [-0.4, -0.2) is 38.2 Å². The number of nitrogens with zero attached hydrogens (tertiary/aromatic N) is 1. The van der Waals surface area contributed by atoms with Gasteiger partial charge in [-0.1, -0.05) is 30.3 Å². The van der Waals surface area contributed by atoms with Crippen molar-refractivity contribution in [1.29, 1.82) is 0 Å². The Labute approximate surface area is 96.1 Å². The number of hydrogen-bond acceptors (Lipinski definition) is 3. The van der Waals surface area contributed by atoms with Gasteiger partial charge in [-0.3, -0.25) is 4.99 Å². The molecule has 0 aromatic heterocycles. The molecule has 2 rings (SSSR count). The van der Waals surface area contributed by atoms with Crippen LogP contribution in [0.5, 0.6) is 0 Å². The van der Waals surface area contributed by atoms with Crippen LogP contribution in [0.4, 0.5) is 0 Å². The van der Waals surface area contributed by atoms with Gasteiger partial charge in [-0.05, 0) is 12.5 Å². The quantitative estimate of drug-likeness (QED) is 0.541. The lowest BCUT2D eigenvalue weighted by Crippen LogP contribution is -2.12. The number of epoxide rings is 1. The van der Waals surface area contributed by atoms with Gasteiger partial charge in [0.1, 0.15) is 6.10 Å². The summed E-state index contributed by atoms with van der Waals surface area (Å²) in [4.78, 5) is 4.42. The Bertz CT molecular complexity index is 333. The van der Waals surface area contributed by atoms with Gasteiger partial charge < -0.3 is 9.47 Å². The van der Waals surface area contributed by atoms with Gasteiger partial charge in [0.15, 0.2) is 0 Å². The molecule has 0 radical (unpaired) electrons. The van der Waals surface area contributed by atoms with Crippen LogP contribution >= 0.6 is 0 Å². The predicted molar refractivity (Wildman–Crippen MR) is 64.1 cm³/mol. The minimum Gasteiger partial charge on any atom is -0.376 e. The molecule has 1 aromatic carbocycles. The number of aliphatic imine (C=N–C) groups is 1. The molecule has 0 amide bonds. The Balaban J connectivity index is 1.68. The van der Waals surface area contributed by atoms with Crippen molar-refractivity contribution in [2.24, 2.45) is 4.99 Å². The molecule has 0 N–H and O–H groups in total. The van der Waals surface area contributed by atoms with E-state index in [0.717, 1.165) is 12.2 Å². The Hall–Kier alpha value is -1.19. The van der Waals surface area contributed by atoms with E-state index < -0.39 is 0 Å². The number of ether oxygens (including phenoxy) is 2. The first-order valence-electron chi connectivity index (χ1n) is 5.62. The molecule has 1 aliphatic rings. The predicted octanol–water partition coefficient (Wildman–Crippen LogP) is 1.91. The highest BCUT2D eigenvalue weighted by molar-refractivity contribution is 5.79. The van der Waals surface area contributed by atoms with E-state index >= 15 is 0 Å². The highest BCUT2D eigenvalue weighted by Gasteiger charge is 2.22. The van der Waals surface area contributed by atoms with Gasteiger partial charge in [-0.15, -0.1) is 0 Å². The molecule has 0 bridgehead atoms. The summed E-state index contributed by atoms with van der Waals surface area (Å²) in [5, 5.41) is 0. The first-order chi connectivity index (χ1) is 7.84. The molecule has 86 valence electrons. The maximum absolute atomic E-state index is 5.47. The monoisotopic (exact) mass is 219 g/mol. The molecule has 16 heavy (non-hydrogen) atoms. The van der Waals surface area contributed by atoms with Gasteiger partial charge in [-0.25, -0.2) is 0 Å². The van der Waals surface area contributed by atoms with Crippen molar-refractivity contribution in [3.8, 4) is 0 Å². The zero-order chi connectivity index (χ0) is 11.2. The Morgan fingerprint density at radius 2 is 2.25 bits per heavy atom. The van der Waals surface area contributed by atoms with E-state index in [0.29, 0.717) is 19.3 Å². The van der Waals surface area contributed by atoms with E-state index in [1.807, 2.05) is 43.5 Å². The van der Waals surface area contributed by atoms with Gasteiger partial charge in [-0.2, -0.15) is 0 Å². The van der Waals surface area contributed by atoms with Gasteiger partial charge in [0, 0.05) is 6.21 Å². The van der Waals surface area contributed by atoms with Crippen LogP contribution in [0, 0.1) is 0 Å². The molecule has 0 saturated carbocycles. The first kappa shape index (κ1) is 11.3. The molecule has 1 aromatic rings. The molecule has 1 heterocycles. The molecule has 3 heteroatoms. The average molecular weight is 219 g/mol. The maximum atomic E-state index is 5.47. The van der Waals surface area contributed by atoms with Crippen molar-refractivity contribution in [1.82, 2.24) is 0 Å². The maximum Gasteiger partial charge on any atom is 0.104 e. The molecule has 0 aliphatic carbocycles. The average Bonchev–Trinajstić information content (AvgIpc) is 3.12. The summed E-state index contributed by atoms with van der Waals surface area (Å²) in [5.41, 5.74) is 1.12. The Morgan fingerprint density at radius 3 is 2.94 bits per heavy atom. The first-order valence-corrected chi connectivity index (χ1v) is 5.62. The van der Waals surface area contributed by atoms with Crippen molar-refractivity contribution in [3.05, 3.63) is 35.9 Å². The summed E-state index contributed by atoms with van der Waals surface area (Å²) < 4.78 is 10.5. The lowest BCUT2D eigenvalue weighted by molar-refractivity contribution is 0.109. The fraction of sp³-hybridized carbons (Fsp3) is 0.462. The standard InChI is InChI=1S/C13H17NO2/c1-11(8-15-9-13-10-16-13)14-7-12-5-3-2-4-6-12/h2-7,11,13H,8-10H2,1H3. The van der Waals surface area contributed by atoms with E-state index in [2.05, 4.69) is 4.99 Å². The van der Waals surface area contributed by atoms with Crippen LogP contribution in [0.2, 0.25) is 0 Å². The molecule has 1 aliphatic heterocycles. The SMILES string of the molecule is CC(COCC1CO1)N=Cc1ccccc1. The summed E-state index contributed by atoms with van der Waals surface area (Å²) >= 11 is 0. The normalized spacial score (nSPS) is 21.2. The van der Waals surface area contributed by atoms with E-state index in [-0.39, 0.29) is 6.04 Å². The van der Waals surface area contributed by atoms with E-state index in [4.69, 9.17) is 9.47 Å². The molecule has 1 fully saturated rings. The molecule has 3 nitrogen and oxygen atoms in total. The molecule has 2 unspecified atom stereocenters. The van der Waals surface area contributed by atoms with Gasteiger partial charge in [0.2, 0.25) is 0 Å². The summed E-state index contributed by atoms with van der Waals surface area (Å²) in [6.45, 7) is 4.25. The third kappa shape index (κ3) is 4.13. The van der Waals surface area contributed by atoms with Crippen LogP contribution < -0.4 is 0 Å². The van der Waals surface area contributed by atoms with E-state index in [1.165, 1.54) is 0 Å². The van der Waals surface area contributed by atoms with Crippen LogP contribution in [0.3, 0.4) is 0 Å². The fourth-order valence-corrected chi connectivity index (χ4v) is 1.33. The smallest absolute Gasteiger partial charge is 0.104 e. The number of hydrogen-bond donors (Lipinski definition) is 0. The highest BCUT2D eigenvalue weighted by atomic mass is 16.6. The minimum atomic E-state index is 0.193. The topological polar surface area (TPSA) is 34.1 Å². The molecule has 2 atom stereocenters. The van der Waals surface area contributed by atoms with Crippen molar-refractivity contribution in [2.75, 3.05) is 19.8 Å². The molecule has 0 spiro atoms. The Morgan fingerprint density at radius 1 is 1.50 bits per heavy atom. The van der Waals surface area contributed by atoms with Gasteiger partial charge >= 0.3 is 0 Å². The third-order valence-corrected chi connectivity index (χ3v) is 2.34. The number of rotatable bonds is 6. The second-order valence-electron chi connectivity index (χ2n) is 4.03. The highest BCUT2D eigenvalue weighted by Crippen LogP contribution is 2.08. The lowest BCUT2D eigenvalue weighted by Gasteiger charge is -2.06. The van der Waals surface area contributed by atoms with E-state index in [9.17, 15) is 0 Å². The summed E-state index contributed by atoms with van der Waals surface area (Å²) in [6.07, 6.45) is 2.23. The summed E-state index contributed by atoms with van der Waals surface area (Å²) in [7, 11) is 0. The van der Waals surface area contributed by atoms with Gasteiger partial charge in [0.25, 0.3) is 0 Å². The summed E-state index contributed by atoms with van der Waals surface area (Å²) in [5.74, 6) is 0. The summed E-state index contributed by atoms with van der Waals surface area (Å²) in [6, 6.07) is 10.3. The molecular weight excluding hydrogens is 202 g/mol. The molecule has 1 saturated heterocycles. The van der Waals surface area contributed by atoms with Crippen LogP contribution in [0.25, 0.3) is 0 Å². The van der Waals surface area contributed by atoms with Crippen molar-refractivity contribution >= 4 is 6.21 Å². The second-order valence-corrected chi connectivity index (χ2v) is 4.03. The van der Waals surface area contributed by atoms with Crippen LogP contribution in [-0.2, 0) is 9.47 Å². The zero-order valence-corrected chi connectivity index (χ0v) is 9.50. The second kappa shape index (κ2) is 5.77. The molecular formula is C13H17NO2. The third-order valence-electron chi connectivity index (χ3n) is 2.34. The number of benzene rings is 1. The fourth-order valence-electron chi connectivity index (χ4n) is 1.33. The van der Waals surface area contributed by atoms with Crippen molar-refractivity contribution < 1.29 is 9.47 Å². The van der Waals surface area contributed by atoms with Crippen molar-refractivity contribution in [3.63, 3.8) is 0 Å². The largest absolute Gasteiger partial charge is 0.376 e. The van der Waals surface area contributed by atoms with Crippen LogP contribution in [0.1, 0.15) is 12.5 Å². The Kier molecular flexibility index (Phi) is 4.08. The van der Waals surface area contributed by atoms with E-state index in [1.54, 1.807) is 0 Å². The minimum absolute atomic E-state index is 0.193.